The number of aromatic hydroxyl groups is 1. The fourth-order valence-electron chi connectivity index (χ4n) is 8.01. The van der Waals surface area contributed by atoms with Crippen molar-refractivity contribution in [1.29, 1.82) is 0 Å². The van der Waals surface area contributed by atoms with Crippen molar-refractivity contribution in [3.8, 4) is 23.0 Å². The van der Waals surface area contributed by atoms with Crippen molar-refractivity contribution in [3.05, 3.63) is 174 Å². The lowest BCUT2D eigenvalue weighted by Gasteiger charge is -2.26. The summed E-state index contributed by atoms with van der Waals surface area (Å²) in [6, 6.07) is 20.6. The van der Waals surface area contributed by atoms with Gasteiger partial charge in [-0.15, -0.1) is 0 Å². The molecule has 0 radical (unpaired) electrons. The summed E-state index contributed by atoms with van der Waals surface area (Å²) >= 11 is 0. The van der Waals surface area contributed by atoms with Gasteiger partial charge in [0.05, 0.1) is 37.8 Å². The van der Waals surface area contributed by atoms with Gasteiger partial charge in [-0.25, -0.2) is 18.4 Å². The van der Waals surface area contributed by atoms with Crippen LogP contribution < -0.4 is 36.0 Å². The molecule has 78 heavy (non-hydrogen) atoms. The first-order chi connectivity index (χ1) is 36.4. The molecule has 0 saturated carbocycles. The van der Waals surface area contributed by atoms with E-state index in [1.165, 1.54) is 43.8 Å². The first-order valence-electron chi connectivity index (χ1n) is 23.4. The van der Waals surface area contributed by atoms with Gasteiger partial charge in [0.2, 0.25) is 11.5 Å². The minimum Gasteiger partial charge on any atom is -0.505 e. The number of nitrogens with zero attached hydrogens (tertiary/aromatic N) is 4. The van der Waals surface area contributed by atoms with Crippen LogP contribution in [0.1, 0.15) is 84.2 Å². The maximum atomic E-state index is 13.6. The Labute approximate surface area is 444 Å². The highest BCUT2D eigenvalue weighted by Gasteiger charge is 2.34. The molecule has 7 aromatic rings. The number of carboxylic acid groups (broad SMARTS) is 1. The number of amides is 2. The fraction of sp³-hybridized carbons (Fsp3) is 0.250. The Balaban J connectivity index is 0.000000246. The van der Waals surface area contributed by atoms with Gasteiger partial charge in [0, 0.05) is 50.0 Å². The summed E-state index contributed by atoms with van der Waals surface area (Å²) in [6.07, 6.45) is 5.34. The first-order valence-corrected chi connectivity index (χ1v) is 23.4. The molecule has 0 saturated heterocycles. The highest BCUT2D eigenvalue weighted by Crippen LogP contribution is 2.40. The second-order valence-corrected chi connectivity index (χ2v) is 17.7. The molecule has 2 aliphatic heterocycles. The second kappa shape index (κ2) is 24.6. The molecule has 20 nitrogen and oxygen atoms in total. The van der Waals surface area contributed by atoms with Crippen LogP contribution in [0.5, 0.6) is 23.0 Å². The van der Waals surface area contributed by atoms with Crippen molar-refractivity contribution in [3.63, 3.8) is 0 Å². The Hall–Kier alpha value is -9.28. The maximum absolute atomic E-state index is 13.6. The Morgan fingerprint density at radius 1 is 0.731 bits per heavy atom. The lowest BCUT2D eigenvalue weighted by Crippen LogP contribution is -2.47. The smallest absolute Gasteiger partial charge is 0.373 e. The molecular weight excluding hydrogens is 1020 g/mol. The van der Waals surface area contributed by atoms with E-state index >= 15 is 0 Å². The summed E-state index contributed by atoms with van der Waals surface area (Å²) in [4.78, 5) is 86.5. The number of halogens is 2. The summed E-state index contributed by atoms with van der Waals surface area (Å²) in [5.41, 5.74) is -0.446. The molecule has 0 bridgehead atoms. The van der Waals surface area contributed by atoms with Gasteiger partial charge in [-0.3, -0.25) is 38.3 Å². The summed E-state index contributed by atoms with van der Waals surface area (Å²) in [5, 5.41) is 35.3. The molecule has 0 unspecified atom stereocenters. The molecule has 0 fully saturated rings. The van der Waals surface area contributed by atoms with E-state index in [1.807, 2.05) is 30.3 Å². The number of aromatic nitrogens is 4. The molecule has 4 aromatic heterocycles. The van der Waals surface area contributed by atoms with Crippen LogP contribution in [-0.4, -0.2) is 97.2 Å². The molecular formula is C56H56F2N6O14. The Kier molecular flexibility index (Phi) is 18.3. The van der Waals surface area contributed by atoms with Gasteiger partial charge >= 0.3 is 11.9 Å². The Morgan fingerprint density at radius 3 is 1.79 bits per heavy atom. The van der Waals surface area contributed by atoms with Crippen LogP contribution in [0.2, 0.25) is 0 Å². The quantitative estimate of drug-likeness (QED) is 0.0468. The number of methoxy groups -OCH3 is 1. The van der Waals surface area contributed by atoms with Gasteiger partial charge in [-0.2, -0.15) is 0 Å². The third-order valence-corrected chi connectivity index (χ3v) is 11.7. The molecule has 0 aliphatic carbocycles. The number of carboxylic acids is 1. The van der Waals surface area contributed by atoms with E-state index in [9.17, 15) is 52.9 Å². The molecule has 2 amide bonds. The molecule has 6 heterocycles. The van der Waals surface area contributed by atoms with E-state index in [-0.39, 0.29) is 106 Å². The summed E-state index contributed by atoms with van der Waals surface area (Å²) in [7, 11) is 1.45. The lowest BCUT2D eigenvalue weighted by molar-refractivity contribution is -0.135. The molecule has 22 heteroatoms. The molecule has 9 rings (SSSR count). The third kappa shape index (κ3) is 12.2. The number of aliphatic carboxylic acids is 1. The van der Waals surface area contributed by atoms with Crippen molar-refractivity contribution in [2.75, 3.05) is 33.5 Å². The summed E-state index contributed by atoms with van der Waals surface area (Å²) in [6.45, 7) is 4.72. The highest BCUT2D eigenvalue weighted by atomic mass is 19.1. The number of nitrogens with one attached hydrogen (secondary N) is 2. The van der Waals surface area contributed by atoms with Gasteiger partial charge in [-0.05, 0) is 61.7 Å². The zero-order valence-electron chi connectivity index (χ0n) is 41.1. The largest absolute Gasteiger partial charge is 0.505 e. The minimum atomic E-state index is -1.41. The number of aliphatic hydroxyl groups is 1. The molecule has 3 aromatic carbocycles. The topological polar surface area (TPSA) is 269 Å². The van der Waals surface area contributed by atoms with Crippen molar-refractivity contribution in [2.45, 2.75) is 60.6 Å². The average Bonchev–Trinajstić information content (AvgIpc) is 3.26. The molecule has 2 aliphatic rings. The van der Waals surface area contributed by atoms with Gasteiger partial charge < -0.3 is 49.6 Å². The summed E-state index contributed by atoms with van der Waals surface area (Å²) in [5.74, 6) is -6.16. The number of hydrogen-bond donors (Lipinski definition) is 5. The van der Waals surface area contributed by atoms with E-state index in [4.69, 9.17) is 23.7 Å². The minimum absolute atomic E-state index is 0. The SMILES string of the molecule is C.C.CCOC(=O)c1c(OCc2ccccc2)c2ncc(Cc3ccc(F)cc3)c3c2n(c1=O)C=C(C(=O)O)O3.COCCNC(=O)c1c(O)c2ncc(Cc3ccc(F)cc3)c3c2n(c1=O)C=C(C(=O)NC(C)(C)CO)O3. The van der Waals surface area contributed by atoms with Crippen LogP contribution in [0.4, 0.5) is 8.78 Å². The maximum Gasteiger partial charge on any atom is 0.373 e. The Morgan fingerprint density at radius 2 is 1.26 bits per heavy atom. The predicted octanol–water partition coefficient (Wildman–Crippen LogP) is 6.72. The normalized spacial score (nSPS) is 12.0. The van der Waals surface area contributed by atoms with Gasteiger partial charge in [0.25, 0.3) is 22.9 Å². The zero-order valence-corrected chi connectivity index (χ0v) is 41.1. The fourth-order valence-corrected chi connectivity index (χ4v) is 8.01. The van der Waals surface area contributed by atoms with Crippen molar-refractivity contribution in [2.24, 2.45) is 0 Å². The number of hydrogen-bond acceptors (Lipinski definition) is 15. The van der Waals surface area contributed by atoms with E-state index in [0.717, 1.165) is 27.1 Å². The zero-order chi connectivity index (χ0) is 54.4. The van der Waals surface area contributed by atoms with Gasteiger partial charge in [0.15, 0.2) is 28.6 Å². The average molecular weight is 1080 g/mol. The number of esters is 1. The summed E-state index contributed by atoms with van der Waals surface area (Å²) < 4.78 is 56.6. The van der Waals surface area contributed by atoms with Crippen molar-refractivity contribution < 1.29 is 67.0 Å². The molecule has 0 atom stereocenters. The van der Waals surface area contributed by atoms with Crippen LogP contribution in [0, 0.1) is 11.6 Å². The van der Waals surface area contributed by atoms with E-state index in [2.05, 4.69) is 20.6 Å². The van der Waals surface area contributed by atoms with Gasteiger partial charge in [0.1, 0.15) is 45.9 Å². The van der Waals surface area contributed by atoms with E-state index in [0.29, 0.717) is 22.3 Å². The number of rotatable bonds is 17. The van der Waals surface area contributed by atoms with Crippen LogP contribution >= 0.6 is 0 Å². The molecule has 5 N–H and O–H groups in total. The van der Waals surface area contributed by atoms with Crippen molar-refractivity contribution in [1.82, 2.24) is 29.7 Å². The standard InChI is InChI=1S/C28H21FN2O7.C26H27FN4O7.2CH4/c1-2-36-28(35)21-25(37-15-17-6-4-3-5-7-17)22-23-24(38-20(27(33)34)14-31(23)26(21)32)18(13-30-22)12-16-8-10-19(29)11-9-16;1-26(2,13-32)30-23(34)17-12-31-20-19(21(33)18(25(31)36)24(35)28-8-9-37-3)29-11-15(22(20)38-17)10-14-4-6-16(27)7-5-14;;/h3-11,13-14H,2,12,15H2,1H3,(H,33,34);4-7,11-12,32-33H,8-10,13H2,1-3H3,(H,28,35)(H,30,34);2*1H4. The molecule has 0 spiro atoms. The van der Waals surface area contributed by atoms with Crippen LogP contribution in [0.3, 0.4) is 0 Å². The van der Waals surface area contributed by atoms with Crippen LogP contribution in [0.15, 0.2) is 112 Å². The Bertz CT molecular complexity index is 3620. The van der Waals surface area contributed by atoms with E-state index in [1.54, 1.807) is 45.0 Å². The number of pyridine rings is 4. The van der Waals surface area contributed by atoms with E-state index < -0.39 is 74.7 Å². The number of ether oxygens (including phenoxy) is 5. The second-order valence-electron chi connectivity index (χ2n) is 17.7. The van der Waals surface area contributed by atoms with Gasteiger partial charge in [-0.1, -0.05) is 69.5 Å². The number of aliphatic hydroxyl groups excluding tert-OH is 1. The predicted molar refractivity (Wildman–Crippen MR) is 283 cm³/mol. The number of carbonyl (C=O) groups excluding carboxylic acids is 3. The highest BCUT2D eigenvalue weighted by molar-refractivity contribution is 6.05. The third-order valence-electron chi connectivity index (χ3n) is 11.7. The monoisotopic (exact) mass is 1070 g/mol. The van der Waals surface area contributed by atoms with Crippen molar-refractivity contribution >= 4 is 58.2 Å². The van der Waals surface area contributed by atoms with Crippen LogP contribution in [0.25, 0.3) is 34.5 Å². The first kappa shape index (κ1) is 58.0. The number of benzene rings is 3. The lowest BCUT2D eigenvalue weighted by atomic mass is 10.0. The molecule has 408 valence electrons. The number of carbonyl (C=O) groups is 4. The van der Waals surface area contributed by atoms with Crippen LogP contribution in [-0.2, 0) is 38.5 Å².